The van der Waals surface area contributed by atoms with E-state index in [2.05, 4.69) is 11.9 Å². The predicted octanol–water partition coefficient (Wildman–Crippen LogP) is 1.30. The zero-order valence-corrected chi connectivity index (χ0v) is 13.9. The maximum atomic E-state index is 12.6. The van der Waals surface area contributed by atoms with Crippen LogP contribution in [0.5, 0.6) is 0 Å². The molecule has 9 heteroatoms. The summed E-state index contributed by atoms with van der Waals surface area (Å²) in [6.45, 7) is 4.58. The monoisotopic (exact) mass is 353 g/mol. The summed E-state index contributed by atoms with van der Waals surface area (Å²) in [6, 6.07) is 4.88. The summed E-state index contributed by atoms with van der Waals surface area (Å²) in [5, 5.41) is 13.4. The van der Waals surface area contributed by atoms with E-state index in [1.807, 2.05) is 0 Å². The van der Waals surface area contributed by atoms with Crippen LogP contribution in [0, 0.1) is 16.0 Å². The zero-order valence-electron chi connectivity index (χ0n) is 13.1. The number of hydrogen-bond donors (Lipinski definition) is 1. The number of piperidine rings is 1. The normalized spacial score (nSPS) is 16.5. The van der Waals surface area contributed by atoms with Crippen molar-refractivity contribution in [1.29, 1.82) is 0 Å². The van der Waals surface area contributed by atoms with Crippen molar-refractivity contribution in [3.63, 3.8) is 0 Å². The van der Waals surface area contributed by atoms with Gasteiger partial charge in [-0.2, -0.15) is 4.31 Å². The van der Waals surface area contributed by atoms with Gasteiger partial charge in [0, 0.05) is 31.8 Å². The van der Waals surface area contributed by atoms with Gasteiger partial charge in [0.2, 0.25) is 15.9 Å². The molecule has 0 aliphatic carbocycles. The molecule has 130 valence electrons. The molecule has 2 rings (SSSR count). The van der Waals surface area contributed by atoms with Crippen molar-refractivity contribution in [3.05, 3.63) is 47.0 Å². The van der Waals surface area contributed by atoms with Crippen LogP contribution in [0.15, 0.2) is 41.8 Å². The molecule has 8 nitrogen and oxygen atoms in total. The first-order valence-electron chi connectivity index (χ1n) is 7.49. The molecule has 1 heterocycles. The molecule has 24 heavy (non-hydrogen) atoms. The molecule has 0 bridgehead atoms. The Morgan fingerprint density at radius 3 is 2.42 bits per heavy atom. The van der Waals surface area contributed by atoms with Crippen LogP contribution < -0.4 is 5.32 Å². The molecule has 0 spiro atoms. The Kier molecular flexibility index (Phi) is 5.68. The minimum Gasteiger partial charge on any atom is -0.352 e. The smallest absolute Gasteiger partial charge is 0.269 e. The van der Waals surface area contributed by atoms with E-state index in [0.29, 0.717) is 32.5 Å². The molecule has 0 atom stereocenters. The van der Waals surface area contributed by atoms with E-state index in [0.717, 1.165) is 0 Å². The van der Waals surface area contributed by atoms with Gasteiger partial charge in [0.25, 0.3) is 5.69 Å². The first-order valence-corrected chi connectivity index (χ1v) is 8.93. The van der Waals surface area contributed by atoms with E-state index in [1.165, 1.54) is 34.6 Å². The lowest BCUT2D eigenvalue weighted by Gasteiger charge is -2.31. The first-order chi connectivity index (χ1) is 11.3. The predicted molar refractivity (Wildman–Crippen MR) is 87.8 cm³/mol. The van der Waals surface area contributed by atoms with E-state index < -0.39 is 14.9 Å². The minimum absolute atomic E-state index is 0.0477. The van der Waals surface area contributed by atoms with Crippen LogP contribution in [0.1, 0.15) is 12.8 Å². The van der Waals surface area contributed by atoms with Gasteiger partial charge in [0.1, 0.15) is 0 Å². The third-order valence-corrected chi connectivity index (χ3v) is 5.92. The second kappa shape index (κ2) is 7.54. The number of hydrogen-bond acceptors (Lipinski definition) is 5. The van der Waals surface area contributed by atoms with Crippen LogP contribution in [-0.2, 0) is 14.8 Å². The third-order valence-electron chi connectivity index (χ3n) is 4.01. The summed E-state index contributed by atoms with van der Waals surface area (Å²) in [4.78, 5) is 21.3. The van der Waals surface area contributed by atoms with Crippen molar-refractivity contribution in [2.75, 3.05) is 19.6 Å². The highest BCUT2D eigenvalue weighted by molar-refractivity contribution is 7.89. The molecule has 1 saturated heterocycles. The quantitative estimate of drug-likeness (QED) is 0.471. The first kappa shape index (κ1) is 18.1. The Hall–Kier alpha value is -2.26. The average Bonchev–Trinajstić information content (AvgIpc) is 2.60. The number of rotatable bonds is 6. The summed E-state index contributed by atoms with van der Waals surface area (Å²) in [7, 11) is -3.66. The molecule has 0 saturated carbocycles. The lowest BCUT2D eigenvalue weighted by atomic mass is 9.98. The third kappa shape index (κ3) is 4.18. The largest absolute Gasteiger partial charge is 0.352 e. The zero-order chi connectivity index (χ0) is 17.7. The number of benzene rings is 1. The lowest BCUT2D eigenvalue weighted by molar-refractivity contribution is -0.384. The number of amides is 1. The van der Waals surface area contributed by atoms with Gasteiger partial charge in [-0.25, -0.2) is 8.42 Å². The molecule has 1 fully saturated rings. The summed E-state index contributed by atoms with van der Waals surface area (Å²) in [6.07, 6.45) is 2.49. The SMILES string of the molecule is C=CC(=O)NCC1CCN(S(=O)(=O)c2ccc([N+](=O)[O-])cc2)CC1. The topological polar surface area (TPSA) is 110 Å². The van der Waals surface area contributed by atoms with Gasteiger partial charge < -0.3 is 5.32 Å². The van der Waals surface area contributed by atoms with E-state index in [-0.39, 0.29) is 22.4 Å². The van der Waals surface area contributed by atoms with Crippen LogP contribution in [-0.4, -0.2) is 43.2 Å². The number of sulfonamides is 1. The second-order valence-corrected chi connectivity index (χ2v) is 7.49. The van der Waals surface area contributed by atoms with Crippen LogP contribution in [0.2, 0.25) is 0 Å². The Labute approximate surface area is 140 Å². The lowest BCUT2D eigenvalue weighted by Crippen LogP contribution is -2.41. The highest BCUT2D eigenvalue weighted by atomic mass is 32.2. The molecule has 1 aliphatic rings. The van der Waals surface area contributed by atoms with Gasteiger partial charge in [0.05, 0.1) is 9.82 Å². The molecular weight excluding hydrogens is 334 g/mol. The van der Waals surface area contributed by atoms with Crippen molar-refractivity contribution in [1.82, 2.24) is 9.62 Å². The van der Waals surface area contributed by atoms with E-state index in [1.54, 1.807) is 0 Å². The van der Waals surface area contributed by atoms with Crippen molar-refractivity contribution in [2.24, 2.45) is 5.92 Å². The Balaban J connectivity index is 1.98. The summed E-state index contributed by atoms with van der Waals surface area (Å²) in [5.41, 5.74) is -0.148. The van der Waals surface area contributed by atoms with Crippen LogP contribution >= 0.6 is 0 Å². The highest BCUT2D eigenvalue weighted by Crippen LogP contribution is 2.24. The van der Waals surface area contributed by atoms with Crippen molar-refractivity contribution in [3.8, 4) is 0 Å². The fourth-order valence-corrected chi connectivity index (χ4v) is 4.03. The fraction of sp³-hybridized carbons (Fsp3) is 0.400. The fourth-order valence-electron chi connectivity index (χ4n) is 2.56. The average molecular weight is 353 g/mol. The molecule has 1 aromatic carbocycles. The van der Waals surface area contributed by atoms with Crippen LogP contribution in [0.25, 0.3) is 0 Å². The number of nitro benzene ring substituents is 1. The minimum atomic E-state index is -3.66. The van der Waals surface area contributed by atoms with E-state index in [9.17, 15) is 23.3 Å². The molecule has 1 aromatic rings. The molecule has 1 N–H and O–H groups in total. The van der Waals surface area contributed by atoms with Crippen molar-refractivity contribution in [2.45, 2.75) is 17.7 Å². The Bertz CT molecular complexity index is 722. The number of carbonyl (C=O) groups excluding carboxylic acids is 1. The molecule has 1 amide bonds. The number of nitro groups is 1. The van der Waals surface area contributed by atoms with Crippen LogP contribution in [0.4, 0.5) is 5.69 Å². The second-order valence-electron chi connectivity index (χ2n) is 5.55. The molecule has 0 unspecified atom stereocenters. The van der Waals surface area contributed by atoms with Crippen molar-refractivity contribution >= 4 is 21.6 Å². The van der Waals surface area contributed by atoms with E-state index in [4.69, 9.17) is 0 Å². The number of nitrogens with one attached hydrogen (secondary N) is 1. The van der Waals surface area contributed by atoms with Crippen LogP contribution in [0.3, 0.4) is 0 Å². The molecule has 1 aliphatic heterocycles. The van der Waals surface area contributed by atoms with Gasteiger partial charge in [-0.05, 0) is 37.0 Å². The summed E-state index contributed by atoms with van der Waals surface area (Å²) >= 11 is 0. The Morgan fingerprint density at radius 2 is 1.92 bits per heavy atom. The molecular formula is C15H19N3O5S. The standard InChI is InChI=1S/C15H19N3O5S/c1-2-15(19)16-11-12-7-9-17(10-8-12)24(22,23)14-5-3-13(4-6-14)18(20)21/h2-6,12H,1,7-11H2,(H,16,19). The van der Waals surface area contributed by atoms with Gasteiger partial charge in [-0.3, -0.25) is 14.9 Å². The number of nitrogens with zero attached hydrogens (tertiary/aromatic N) is 2. The number of carbonyl (C=O) groups is 1. The van der Waals surface area contributed by atoms with E-state index >= 15 is 0 Å². The summed E-state index contributed by atoms with van der Waals surface area (Å²) < 4.78 is 26.5. The maximum Gasteiger partial charge on any atom is 0.269 e. The summed E-state index contributed by atoms with van der Waals surface area (Å²) in [5.74, 6) is -0.0202. The number of non-ortho nitro benzene ring substituents is 1. The molecule has 0 radical (unpaired) electrons. The van der Waals surface area contributed by atoms with Crippen molar-refractivity contribution < 1.29 is 18.1 Å². The van der Waals surface area contributed by atoms with Gasteiger partial charge in [-0.1, -0.05) is 6.58 Å². The molecule has 0 aromatic heterocycles. The maximum absolute atomic E-state index is 12.6. The Morgan fingerprint density at radius 1 is 1.33 bits per heavy atom. The van der Waals surface area contributed by atoms with Gasteiger partial charge >= 0.3 is 0 Å². The highest BCUT2D eigenvalue weighted by Gasteiger charge is 2.29. The van der Waals surface area contributed by atoms with Gasteiger partial charge in [-0.15, -0.1) is 0 Å². The van der Waals surface area contributed by atoms with Gasteiger partial charge in [0.15, 0.2) is 0 Å².